The summed E-state index contributed by atoms with van der Waals surface area (Å²) in [5, 5.41) is 0. The van der Waals surface area contributed by atoms with Crippen molar-refractivity contribution in [1.82, 2.24) is 9.88 Å². The number of hydrogen-bond acceptors (Lipinski definition) is 3. The molecule has 2 aliphatic rings. The average molecular weight is 338 g/mol. The molecule has 130 valence electrons. The van der Waals surface area contributed by atoms with Gasteiger partial charge in [0.25, 0.3) is 11.5 Å². The maximum atomic E-state index is 12.9. The van der Waals surface area contributed by atoms with Crippen molar-refractivity contribution < 1.29 is 9.53 Å². The van der Waals surface area contributed by atoms with Gasteiger partial charge in [-0.1, -0.05) is 30.3 Å². The Bertz CT molecular complexity index is 805. The molecule has 1 N–H and O–H groups in total. The van der Waals surface area contributed by atoms with Crippen LogP contribution in [0.4, 0.5) is 0 Å². The van der Waals surface area contributed by atoms with Gasteiger partial charge in [0.1, 0.15) is 5.56 Å². The Balaban J connectivity index is 1.57. The molecule has 2 aromatic rings. The third kappa shape index (κ3) is 3.51. The fourth-order valence-electron chi connectivity index (χ4n) is 3.37. The molecule has 5 heteroatoms. The van der Waals surface area contributed by atoms with Crippen molar-refractivity contribution in [3.8, 4) is 11.3 Å². The second-order valence-electron chi connectivity index (χ2n) is 6.90. The first kappa shape index (κ1) is 16.1. The second-order valence-corrected chi connectivity index (χ2v) is 6.90. The van der Waals surface area contributed by atoms with E-state index in [0.717, 1.165) is 37.1 Å². The molecule has 1 aliphatic carbocycles. The van der Waals surface area contributed by atoms with Gasteiger partial charge in [0.15, 0.2) is 0 Å². The lowest BCUT2D eigenvalue weighted by Gasteiger charge is -2.25. The van der Waals surface area contributed by atoms with Gasteiger partial charge in [-0.3, -0.25) is 9.59 Å². The number of aromatic nitrogens is 1. The summed E-state index contributed by atoms with van der Waals surface area (Å²) in [6.45, 7) is 2.16. The topological polar surface area (TPSA) is 62.4 Å². The summed E-state index contributed by atoms with van der Waals surface area (Å²) in [5.41, 5.74) is 1.57. The SMILES string of the molecule is O=C(c1ccc(-c2ccccc2)[nH]c1=O)N(CC1CCOC1)C1CC1. The Morgan fingerprint density at radius 1 is 1.12 bits per heavy atom. The molecule has 1 aliphatic heterocycles. The standard InChI is InChI=1S/C20H22N2O3/c23-19-17(8-9-18(21-19)15-4-2-1-3-5-15)20(24)22(16-6-7-16)12-14-10-11-25-13-14/h1-5,8-9,14,16H,6-7,10-13H2,(H,21,23). The first-order valence-corrected chi connectivity index (χ1v) is 8.90. The molecular weight excluding hydrogens is 316 g/mol. The first-order chi connectivity index (χ1) is 12.2. The Morgan fingerprint density at radius 3 is 2.56 bits per heavy atom. The van der Waals surface area contributed by atoms with E-state index in [0.29, 0.717) is 19.1 Å². The number of rotatable bonds is 5. The maximum absolute atomic E-state index is 12.9. The third-order valence-corrected chi connectivity index (χ3v) is 4.95. The Kier molecular flexibility index (Phi) is 4.40. The summed E-state index contributed by atoms with van der Waals surface area (Å²) in [6.07, 6.45) is 3.04. The second kappa shape index (κ2) is 6.84. The Morgan fingerprint density at radius 2 is 1.92 bits per heavy atom. The molecule has 1 aromatic heterocycles. The number of carbonyl (C=O) groups is 1. The van der Waals surface area contributed by atoms with E-state index in [-0.39, 0.29) is 23.1 Å². The molecule has 1 amide bonds. The molecule has 2 fully saturated rings. The van der Waals surface area contributed by atoms with Crippen LogP contribution < -0.4 is 5.56 Å². The van der Waals surface area contributed by atoms with Crippen LogP contribution in [0.5, 0.6) is 0 Å². The van der Waals surface area contributed by atoms with E-state index in [4.69, 9.17) is 4.74 Å². The molecule has 1 saturated carbocycles. The van der Waals surface area contributed by atoms with Gasteiger partial charge in [0.2, 0.25) is 0 Å². The Hall–Kier alpha value is -2.40. The largest absolute Gasteiger partial charge is 0.381 e. The van der Waals surface area contributed by atoms with Crippen molar-refractivity contribution in [3.05, 3.63) is 58.4 Å². The zero-order valence-corrected chi connectivity index (χ0v) is 14.1. The number of amides is 1. The molecule has 0 radical (unpaired) electrons. The van der Waals surface area contributed by atoms with Crippen molar-refractivity contribution in [2.24, 2.45) is 5.92 Å². The van der Waals surface area contributed by atoms with Gasteiger partial charge in [0.05, 0.1) is 6.61 Å². The predicted molar refractivity (Wildman–Crippen MR) is 95.5 cm³/mol. The first-order valence-electron chi connectivity index (χ1n) is 8.90. The fourth-order valence-corrected chi connectivity index (χ4v) is 3.37. The van der Waals surface area contributed by atoms with Gasteiger partial charge in [-0.2, -0.15) is 0 Å². The zero-order valence-electron chi connectivity index (χ0n) is 14.1. The lowest BCUT2D eigenvalue weighted by molar-refractivity contribution is 0.0704. The van der Waals surface area contributed by atoms with Crippen LogP contribution in [0.2, 0.25) is 0 Å². The molecule has 0 bridgehead atoms. The molecule has 4 rings (SSSR count). The predicted octanol–water partition coefficient (Wildman–Crippen LogP) is 2.68. The normalized spacial score (nSPS) is 19.8. The highest BCUT2D eigenvalue weighted by Crippen LogP contribution is 2.30. The molecular formula is C20H22N2O3. The van der Waals surface area contributed by atoms with Gasteiger partial charge >= 0.3 is 0 Å². The van der Waals surface area contributed by atoms with E-state index < -0.39 is 0 Å². The quantitative estimate of drug-likeness (QED) is 0.912. The van der Waals surface area contributed by atoms with Crippen LogP contribution in [0, 0.1) is 5.92 Å². The van der Waals surface area contributed by atoms with Crippen LogP contribution in [-0.2, 0) is 4.74 Å². The minimum Gasteiger partial charge on any atom is -0.381 e. The summed E-state index contributed by atoms with van der Waals surface area (Å²) >= 11 is 0. The van der Waals surface area contributed by atoms with Crippen LogP contribution in [0.15, 0.2) is 47.3 Å². The van der Waals surface area contributed by atoms with Crippen LogP contribution in [0.25, 0.3) is 11.3 Å². The number of carbonyl (C=O) groups excluding carboxylic acids is 1. The number of nitrogens with zero attached hydrogens (tertiary/aromatic N) is 1. The molecule has 25 heavy (non-hydrogen) atoms. The van der Waals surface area contributed by atoms with E-state index in [1.807, 2.05) is 41.3 Å². The number of aromatic amines is 1. The molecule has 1 aromatic carbocycles. The summed E-state index contributed by atoms with van der Waals surface area (Å²) in [4.78, 5) is 30.2. The number of hydrogen-bond donors (Lipinski definition) is 1. The number of benzene rings is 1. The monoisotopic (exact) mass is 338 g/mol. The molecule has 0 spiro atoms. The lowest BCUT2D eigenvalue weighted by Crippen LogP contribution is -2.39. The fraction of sp³-hybridized carbons (Fsp3) is 0.400. The highest BCUT2D eigenvalue weighted by molar-refractivity contribution is 5.94. The smallest absolute Gasteiger partial charge is 0.261 e. The highest BCUT2D eigenvalue weighted by Gasteiger charge is 2.36. The minimum absolute atomic E-state index is 0.157. The minimum atomic E-state index is -0.320. The van der Waals surface area contributed by atoms with E-state index in [1.54, 1.807) is 6.07 Å². The molecule has 2 heterocycles. The van der Waals surface area contributed by atoms with Crippen molar-refractivity contribution in [1.29, 1.82) is 0 Å². The van der Waals surface area contributed by atoms with Gasteiger partial charge in [0, 0.05) is 30.8 Å². The lowest BCUT2D eigenvalue weighted by atomic mass is 10.1. The average Bonchev–Trinajstić information content (AvgIpc) is 3.35. The summed E-state index contributed by atoms with van der Waals surface area (Å²) in [5.74, 6) is 0.225. The number of nitrogens with one attached hydrogen (secondary N) is 1. The summed E-state index contributed by atoms with van der Waals surface area (Å²) in [7, 11) is 0. The van der Waals surface area contributed by atoms with Crippen LogP contribution in [0.1, 0.15) is 29.6 Å². The van der Waals surface area contributed by atoms with Crippen molar-refractivity contribution >= 4 is 5.91 Å². The number of ether oxygens (including phenoxy) is 1. The highest BCUT2D eigenvalue weighted by atomic mass is 16.5. The number of pyridine rings is 1. The van der Waals surface area contributed by atoms with E-state index in [2.05, 4.69) is 4.98 Å². The molecule has 5 nitrogen and oxygen atoms in total. The van der Waals surface area contributed by atoms with Crippen molar-refractivity contribution in [2.45, 2.75) is 25.3 Å². The van der Waals surface area contributed by atoms with Crippen molar-refractivity contribution in [3.63, 3.8) is 0 Å². The van der Waals surface area contributed by atoms with E-state index in [9.17, 15) is 9.59 Å². The summed E-state index contributed by atoms with van der Waals surface area (Å²) in [6, 6.07) is 13.4. The number of H-pyrrole nitrogens is 1. The van der Waals surface area contributed by atoms with Crippen LogP contribution in [-0.4, -0.2) is 41.6 Å². The van der Waals surface area contributed by atoms with Gasteiger partial charge in [-0.05, 0) is 37.0 Å². The van der Waals surface area contributed by atoms with E-state index in [1.165, 1.54) is 0 Å². The zero-order chi connectivity index (χ0) is 17.2. The van der Waals surface area contributed by atoms with Gasteiger partial charge in [-0.25, -0.2) is 0 Å². The maximum Gasteiger partial charge on any atom is 0.261 e. The van der Waals surface area contributed by atoms with Crippen LogP contribution >= 0.6 is 0 Å². The molecule has 1 unspecified atom stereocenters. The Labute approximate surface area is 146 Å². The summed E-state index contributed by atoms with van der Waals surface area (Å²) < 4.78 is 5.43. The van der Waals surface area contributed by atoms with Crippen molar-refractivity contribution in [2.75, 3.05) is 19.8 Å². The molecule has 1 saturated heterocycles. The molecule has 1 atom stereocenters. The van der Waals surface area contributed by atoms with Crippen LogP contribution in [0.3, 0.4) is 0 Å². The van der Waals surface area contributed by atoms with Gasteiger partial charge in [-0.15, -0.1) is 0 Å². The third-order valence-electron chi connectivity index (χ3n) is 4.95. The van der Waals surface area contributed by atoms with Gasteiger partial charge < -0.3 is 14.6 Å². The van der Waals surface area contributed by atoms with E-state index >= 15 is 0 Å².